The molecule has 2 amide bonds. The summed E-state index contributed by atoms with van der Waals surface area (Å²) in [6, 6.07) is 11.1. The molecular weight excluding hydrogens is 372 g/mol. The third-order valence-electron chi connectivity index (χ3n) is 5.33. The van der Waals surface area contributed by atoms with E-state index < -0.39 is 0 Å². The molecule has 3 heterocycles. The monoisotopic (exact) mass is 396 g/mol. The van der Waals surface area contributed by atoms with Crippen LogP contribution in [0.4, 0.5) is 5.69 Å². The zero-order valence-electron chi connectivity index (χ0n) is 16.2. The summed E-state index contributed by atoms with van der Waals surface area (Å²) < 4.78 is 5.69. The van der Waals surface area contributed by atoms with Crippen LogP contribution in [-0.4, -0.2) is 36.4 Å². The minimum absolute atomic E-state index is 0.255. The van der Waals surface area contributed by atoms with Crippen LogP contribution < -0.4 is 9.64 Å². The van der Waals surface area contributed by atoms with Crippen LogP contribution in [-0.2, 0) is 9.59 Å². The zero-order chi connectivity index (χ0) is 19.7. The molecule has 0 atom stereocenters. The van der Waals surface area contributed by atoms with Crippen molar-refractivity contribution in [3.63, 3.8) is 0 Å². The molecule has 2 aliphatic rings. The number of ether oxygens (including phenoxy) is 1. The number of piperidine rings is 1. The lowest BCUT2D eigenvalue weighted by Crippen LogP contribution is -2.38. The van der Waals surface area contributed by atoms with Crippen molar-refractivity contribution in [2.45, 2.75) is 26.7 Å². The molecule has 1 saturated heterocycles. The number of carbonyl (C=O) groups is 2. The molecular formula is C22H24N2O3S. The molecule has 0 aliphatic carbocycles. The van der Waals surface area contributed by atoms with Gasteiger partial charge in [0.25, 0.3) is 11.8 Å². The van der Waals surface area contributed by atoms with Gasteiger partial charge in [-0.25, -0.2) is 4.90 Å². The Labute approximate surface area is 169 Å². The Morgan fingerprint density at radius 1 is 1.07 bits per heavy atom. The lowest BCUT2D eigenvalue weighted by molar-refractivity contribution is -0.120. The number of para-hydroxylation sites is 2. The normalized spacial score (nSPS) is 18.4. The first-order valence-electron chi connectivity index (χ1n) is 9.75. The molecule has 0 N–H and O–H groups in total. The predicted molar refractivity (Wildman–Crippen MR) is 111 cm³/mol. The molecule has 0 bridgehead atoms. The molecule has 0 unspecified atom stereocenters. The lowest BCUT2D eigenvalue weighted by atomic mass is 9.98. The van der Waals surface area contributed by atoms with E-state index in [1.807, 2.05) is 36.6 Å². The van der Waals surface area contributed by atoms with Crippen LogP contribution in [0, 0.1) is 5.92 Å². The van der Waals surface area contributed by atoms with Crippen molar-refractivity contribution >= 4 is 34.4 Å². The molecule has 1 fully saturated rings. The molecule has 2 aliphatic heterocycles. The molecule has 146 valence electrons. The van der Waals surface area contributed by atoms with Crippen LogP contribution in [0.2, 0.25) is 0 Å². The van der Waals surface area contributed by atoms with Crippen molar-refractivity contribution in [1.82, 2.24) is 4.90 Å². The Morgan fingerprint density at radius 2 is 1.82 bits per heavy atom. The summed E-state index contributed by atoms with van der Waals surface area (Å²) in [4.78, 5) is 31.2. The minimum Gasteiger partial charge on any atom is -0.492 e. The summed E-state index contributed by atoms with van der Waals surface area (Å²) in [5, 5.41) is 1.94. The van der Waals surface area contributed by atoms with E-state index in [0.717, 1.165) is 30.8 Å². The van der Waals surface area contributed by atoms with Crippen LogP contribution in [0.1, 0.15) is 31.6 Å². The van der Waals surface area contributed by atoms with Crippen molar-refractivity contribution in [3.05, 3.63) is 52.4 Å². The fourth-order valence-corrected chi connectivity index (χ4v) is 4.59. The predicted octanol–water partition coefficient (Wildman–Crippen LogP) is 4.16. The minimum atomic E-state index is -0.270. The van der Waals surface area contributed by atoms with E-state index >= 15 is 0 Å². The maximum absolute atomic E-state index is 13.5. The van der Waals surface area contributed by atoms with Gasteiger partial charge >= 0.3 is 0 Å². The summed E-state index contributed by atoms with van der Waals surface area (Å²) in [5.41, 5.74) is 1.56. The average molecular weight is 397 g/mol. The number of likely N-dealkylation sites (tertiary alicyclic amines) is 1. The van der Waals surface area contributed by atoms with Gasteiger partial charge in [-0.2, -0.15) is 0 Å². The molecule has 0 radical (unpaired) electrons. The van der Waals surface area contributed by atoms with E-state index in [0.29, 0.717) is 35.2 Å². The second-order valence-electron chi connectivity index (χ2n) is 7.22. The van der Waals surface area contributed by atoms with Gasteiger partial charge in [-0.05, 0) is 49.3 Å². The van der Waals surface area contributed by atoms with Crippen molar-refractivity contribution < 1.29 is 14.3 Å². The van der Waals surface area contributed by atoms with E-state index in [4.69, 9.17) is 4.74 Å². The van der Waals surface area contributed by atoms with Gasteiger partial charge in [-0.15, -0.1) is 11.3 Å². The van der Waals surface area contributed by atoms with E-state index in [1.165, 1.54) is 16.2 Å². The van der Waals surface area contributed by atoms with Crippen molar-refractivity contribution in [2.75, 3.05) is 24.6 Å². The van der Waals surface area contributed by atoms with Crippen LogP contribution in [0.5, 0.6) is 5.75 Å². The third kappa shape index (κ3) is 3.22. The molecule has 5 nitrogen and oxygen atoms in total. The number of rotatable bonds is 5. The Balaban J connectivity index is 1.78. The Hall–Kier alpha value is -2.60. The number of amides is 2. The average Bonchev–Trinajstić information content (AvgIpc) is 3.30. The number of nitrogens with zero attached hydrogens (tertiary/aromatic N) is 2. The first-order chi connectivity index (χ1) is 13.6. The first kappa shape index (κ1) is 18.7. The van der Waals surface area contributed by atoms with Crippen molar-refractivity contribution in [3.8, 4) is 5.75 Å². The van der Waals surface area contributed by atoms with Crippen LogP contribution in [0.15, 0.2) is 47.5 Å². The molecule has 2 aromatic rings. The second-order valence-corrected chi connectivity index (χ2v) is 8.16. The maximum Gasteiger partial charge on any atom is 0.282 e. The third-order valence-corrected chi connectivity index (χ3v) is 6.22. The number of hydrogen-bond acceptors (Lipinski definition) is 5. The summed E-state index contributed by atoms with van der Waals surface area (Å²) in [7, 11) is 0. The van der Waals surface area contributed by atoms with Gasteiger partial charge in [-0.3, -0.25) is 9.59 Å². The SMILES string of the molecule is CCOc1ccccc1N1C(=O)C(c2cccs2)=C(N2CCC(C)CC2)C1=O. The fourth-order valence-electron chi connectivity index (χ4n) is 3.82. The summed E-state index contributed by atoms with van der Waals surface area (Å²) >= 11 is 1.49. The van der Waals surface area contributed by atoms with Crippen molar-refractivity contribution in [1.29, 1.82) is 0 Å². The molecule has 28 heavy (non-hydrogen) atoms. The molecule has 4 rings (SSSR count). The summed E-state index contributed by atoms with van der Waals surface area (Å²) in [5.74, 6) is 0.665. The molecule has 0 saturated carbocycles. The van der Waals surface area contributed by atoms with E-state index in [9.17, 15) is 9.59 Å². The van der Waals surface area contributed by atoms with Gasteiger partial charge in [0.1, 0.15) is 11.4 Å². The number of hydrogen-bond donors (Lipinski definition) is 0. The van der Waals surface area contributed by atoms with Crippen LogP contribution in [0.3, 0.4) is 0 Å². The van der Waals surface area contributed by atoms with Gasteiger partial charge in [0.2, 0.25) is 0 Å². The molecule has 0 spiro atoms. The Bertz CT molecular complexity index is 912. The topological polar surface area (TPSA) is 49.9 Å². The number of anilines is 1. The standard InChI is InChI=1S/C22H24N2O3S/c1-3-27-17-8-5-4-7-16(17)24-21(25)19(18-9-6-14-28-18)20(22(24)26)23-12-10-15(2)11-13-23/h4-9,14-15H,3,10-13H2,1-2H3. The van der Waals surface area contributed by atoms with Gasteiger partial charge in [0.05, 0.1) is 17.9 Å². The summed E-state index contributed by atoms with van der Waals surface area (Å²) in [6.07, 6.45) is 2.05. The molecule has 1 aromatic heterocycles. The maximum atomic E-state index is 13.5. The van der Waals surface area contributed by atoms with Crippen LogP contribution in [0.25, 0.3) is 5.57 Å². The highest BCUT2D eigenvalue weighted by Gasteiger charge is 2.44. The van der Waals surface area contributed by atoms with Gasteiger partial charge in [0, 0.05) is 18.0 Å². The second kappa shape index (κ2) is 7.80. The quantitative estimate of drug-likeness (QED) is 0.712. The van der Waals surface area contributed by atoms with Gasteiger partial charge in [-0.1, -0.05) is 25.1 Å². The number of imide groups is 1. The van der Waals surface area contributed by atoms with Crippen LogP contribution >= 0.6 is 11.3 Å². The highest BCUT2D eigenvalue weighted by atomic mass is 32.1. The number of carbonyl (C=O) groups excluding carboxylic acids is 2. The molecule has 6 heteroatoms. The van der Waals surface area contributed by atoms with Gasteiger partial charge in [0.15, 0.2) is 0 Å². The smallest absolute Gasteiger partial charge is 0.282 e. The first-order valence-corrected chi connectivity index (χ1v) is 10.6. The van der Waals surface area contributed by atoms with Crippen molar-refractivity contribution in [2.24, 2.45) is 5.92 Å². The van der Waals surface area contributed by atoms with Gasteiger partial charge < -0.3 is 9.64 Å². The number of benzene rings is 1. The fraction of sp³-hybridized carbons (Fsp3) is 0.364. The Morgan fingerprint density at radius 3 is 2.50 bits per heavy atom. The number of thiophene rings is 1. The highest BCUT2D eigenvalue weighted by Crippen LogP contribution is 2.40. The van der Waals surface area contributed by atoms with E-state index in [-0.39, 0.29) is 11.8 Å². The van der Waals surface area contributed by atoms with E-state index in [1.54, 1.807) is 12.1 Å². The highest BCUT2D eigenvalue weighted by molar-refractivity contribution is 7.11. The summed E-state index contributed by atoms with van der Waals surface area (Å²) in [6.45, 7) is 6.18. The Kier molecular flexibility index (Phi) is 5.22. The molecule has 1 aromatic carbocycles. The largest absolute Gasteiger partial charge is 0.492 e. The van der Waals surface area contributed by atoms with E-state index in [2.05, 4.69) is 11.8 Å². The lowest BCUT2D eigenvalue weighted by Gasteiger charge is -2.32. The zero-order valence-corrected chi connectivity index (χ0v) is 17.0.